The summed E-state index contributed by atoms with van der Waals surface area (Å²) in [6, 6.07) is 18.1. The summed E-state index contributed by atoms with van der Waals surface area (Å²) in [6.45, 7) is 0. The Balaban J connectivity index is 1.68. The largest absolute Gasteiger partial charge is 0.280 e. The second kappa shape index (κ2) is 6.06. The van der Waals surface area contributed by atoms with Crippen molar-refractivity contribution >= 4 is 38.9 Å². The minimum Gasteiger partial charge on any atom is -0.280 e. The molecule has 0 amide bonds. The van der Waals surface area contributed by atoms with Crippen LogP contribution in [-0.4, -0.2) is 8.42 Å². The zero-order chi connectivity index (χ0) is 17.6. The summed E-state index contributed by atoms with van der Waals surface area (Å²) in [6.07, 6.45) is 0.791. The molecule has 126 valence electrons. The molecule has 0 atom stereocenters. The highest BCUT2D eigenvalue weighted by Gasteiger charge is 2.21. The van der Waals surface area contributed by atoms with E-state index in [1.807, 2.05) is 24.3 Å². The van der Waals surface area contributed by atoms with E-state index < -0.39 is 10.0 Å². The van der Waals surface area contributed by atoms with Crippen molar-refractivity contribution in [1.29, 1.82) is 0 Å². The molecule has 0 aliphatic heterocycles. The normalized spacial score (nSPS) is 12.6. The fraction of sp³-hybridized carbons (Fsp3) is 0.0526. The zero-order valence-corrected chi connectivity index (χ0v) is 15.3. The molecule has 25 heavy (non-hydrogen) atoms. The third-order valence-corrected chi connectivity index (χ3v) is 6.33. The molecule has 0 heterocycles. The third kappa shape index (κ3) is 3.01. The first-order chi connectivity index (χ1) is 11.9. The number of fused-ring (bicyclic) bond motifs is 3. The molecular weight excluding hydrogens is 377 g/mol. The van der Waals surface area contributed by atoms with E-state index in [2.05, 4.69) is 16.9 Å². The SMILES string of the molecule is O=S(=O)(Nc1ccc2c(c1)Cc1ccccc1-2)c1cc(Cl)ccc1Cl. The topological polar surface area (TPSA) is 46.2 Å². The third-order valence-electron chi connectivity index (χ3n) is 4.23. The van der Waals surface area contributed by atoms with Gasteiger partial charge < -0.3 is 0 Å². The molecule has 0 saturated carbocycles. The maximum Gasteiger partial charge on any atom is 0.263 e. The fourth-order valence-corrected chi connectivity index (χ4v) is 4.92. The summed E-state index contributed by atoms with van der Waals surface area (Å²) in [5.41, 5.74) is 5.18. The molecule has 4 rings (SSSR count). The van der Waals surface area contributed by atoms with Gasteiger partial charge in [0, 0.05) is 10.7 Å². The highest BCUT2D eigenvalue weighted by Crippen LogP contribution is 2.38. The van der Waals surface area contributed by atoms with Gasteiger partial charge in [-0.3, -0.25) is 4.72 Å². The smallest absolute Gasteiger partial charge is 0.263 e. The fourth-order valence-electron chi connectivity index (χ4n) is 3.10. The van der Waals surface area contributed by atoms with Crippen LogP contribution in [0.2, 0.25) is 10.0 Å². The minimum atomic E-state index is -3.82. The van der Waals surface area contributed by atoms with E-state index in [1.165, 1.54) is 23.3 Å². The molecule has 1 aliphatic rings. The predicted molar refractivity (Wildman–Crippen MR) is 102 cm³/mol. The van der Waals surface area contributed by atoms with Crippen LogP contribution in [-0.2, 0) is 16.4 Å². The van der Waals surface area contributed by atoms with Gasteiger partial charge in [-0.1, -0.05) is 53.5 Å². The quantitative estimate of drug-likeness (QED) is 0.512. The van der Waals surface area contributed by atoms with Gasteiger partial charge in [-0.15, -0.1) is 0 Å². The van der Waals surface area contributed by atoms with Crippen LogP contribution >= 0.6 is 23.2 Å². The molecule has 0 radical (unpaired) electrons. The molecule has 1 aliphatic carbocycles. The van der Waals surface area contributed by atoms with E-state index in [1.54, 1.807) is 12.1 Å². The summed E-state index contributed by atoms with van der Waals surface area (Å²) in [5, 5.41) is 0.444. The highest BCUT2D eigenvalue weighted by atomic mass is 35.5. The summed E-state index contributed by atoms with van der Waals surface area (Å²) in [5.74, 6) is 0. The number of benzene rings is 3. The summed E-state index contributed by atoms with van der Waals surface area (Å²) >= 11 is 11.9. The lowest BCUT2D eigenvalue weighted by Gasteiger charge is -2.11. The van der Waals surface area contributed by atoms with Crippen LogP contribution in [0.4, 0.5) is 5.69 Å². The number of anilines is 1. The van der Waals surface area contributed by atoms with E-state index >= 15 is 0 Å². The molecular formula is C19H13Cl2NO2S. The zero-order valence-electron chi connectivity index (χ0n) is 13.0. The average molecular weight is 390 g/mol. The number of hydrogen-bond acceptors (Lipinski definition) is 2. The van der Waals surface area contributed by atoms with Gasteiger partial charge in [0.1, 0.15) is 4.90 Å². The van der Waals surface area contributed by atoms with Gasteiger partial charge in [-0.25, -0.2) is 8.42 Å². The van der Waals surface area contributed by atoms with Crippen LogP contribution in [0.15, 0.2) is 65.6 Å². The summed E-state index contributed by atoms with van der Waals surface area (Å²) in [7, 11) is -3.82. The number of sulfonamides is 1. The van der Waals surface area contributed by atoms with Crippen molar-refractivity contribution in [3.05, 3.63) is 81.8 Å². The van der Waals surface area contributed by atoms with E-state index in [0.717, 1.165) is 17.5 Å². The van der Waals surface area contributed by atoms with Crippen molar-refractivity contribution < 1.29 is 8.42 Å². The minimum absolute atomic E-state index is 0.0366. The molecule has 0 fully saturated rings. The van der Waals surface area contributed by atoms with Crippen LogP contribution < -0.4 is 4.72 Å². The highest BCUT2D eigenvalue weighted by molar-refractivity contribution is 7.92. The van der Waals surface area contributed by atoms with Gasteiger partial charge in [-0.2, -0.15) is 0 Å². The molecule has 6 heteroatoms. The molecule has 0 saturated heterocycles. The van der Waals surface area contributed by atoms with Crippen LogP contribution in [0.3, 0.4) is 0 Å². The average Bonchev–Trinajstić information content (AvgIpc) is 2.94. The van der Waals surface area contributed by atoms with Crippen molar-refractivity contribution in [3.8, 4) is 11.1 Å². The standard InChI is InChI=1S/C19H13Cl2NO2S/c20-14-5-8-18(21)19(11-14)25(23,24)22-15-6-7-17-13(10-15)9-12-3-1-2-4-16(12)17/h1-8,10-11,22H,9H2. The Morgan fingerprint density at radius 3 is 2.44 bits per heavy atom. The Hall–Kier alpha value is -2.01. The van der Waals surface area contributed by atoms with Crippen molar-refractivity contribution in [2.24, 2.45) is 0 Å². The molecule has 3 aromatic carbocycles. The number of hydrogen-bond donors (Lipinski definition) is 1. The predicted octanol–water partition coefficient (Wildman–Crippen LogP) is 5.37. The van der Waals surface area contributed by atoms with Crippen LogP contribution in [0, 0.1) is 0 Å². The van der Waals surface area contributed by atoms with Gasteiger partial charge >= 0.3 is 0 Å². The van der Waals surface area contributed by atoms with Gasteiger partial charge in [0.2, 0.25) is 0 Å². The first-order valence-corrected chi connectivity index (χ1v) is 9.87. The molecule has 0 bridgehead atoms. The van der Waals surface area contributed by atoms with Crippen LogP contribution in [0.1, 0.15) is 11.1 Å². The van der Waals surface area contributed by atoms with E-state index in [-0.39, 0.29) is 9.92 Å². The molecule has 3 nitrogen and oxygen atoms in total. The van der Waals surface area contributed by atoms with Crippen LogP contribution in [0.25, 0.3) is 11.1 Å². The summed E-state index contributed by atoms with van der Waals surface area (Å²) in [4.78, 5) is -0.0366. The Labute approximate surface area is 156 Å². The number of halogens is 2. The molecule has 0 spiro atoms. The number of nitrogens with one attached hydrogen (secondary N) is 1. The molecule has 0 aromatic heterocycles. The Bertz CT molecular complexity index is 1090. The monoisotopic (exact) mass is 389 g/mol. The molecule has 3 aromatic rings. The summed E-state index contributed by atoms with van der Waals surface area (Å²) < 4.78 is 27.9. The van der Waals surface area contributed by atoms with Gasteiger partial charge in [0.25, 0.3) is 10.0 Å². The Morgan fingerprint density at radius 2 is 1.60 bits per heavy atom. The number of rotatable bonds is 3. The van der Waals surface area contributed by atoms with Crippen molar-refractivity contribution in [2.45, 2.75) is 11.3 Å². The van der Waals surface area contributed by atoms with E-state index in [9.17, 15) is 8.42 Å². The van der Waals surface area contributed by atoms with Crippen molar-refractivity contribution in [1.82, 2.24) is 0 Å². The van der Waals surface area contributed by atoms with Gasteiger partial charge in [-0.05, 0) is 59.0 Å². The molecule has 1 N–H and O–H groups in total. The van der Waals surface area contributed by atoms with E-state index in [4.69, 9.17) is 23.2 Å². The lowest BCUT2D eigenvalue weighted by Crippen LogP contribution is -2.13. The van der Waals surface area contributed by atoms with Gasteiger partial charge in [0.05, 0.1) is 5.02 Å². The van der Waals surface area contributed by atoms with Crippen molar-refractivity contribution in [2.75, 3.05) is 4.72 Å². The Kier molecular flexibility index (Phi) is 3.99. The first kappa shape index (κ1) is 16.5. The van der Waals surface area contributed by atoms with Crippen molar-refractivity contribution in [3.63, 3.8) is 0 Å². The van der Waals surface area contributed by atoms with Crippen LogP contribution in [0.5, 0.6) is 0 Å². The second-order valence-corrected chi connectivity index (χ2v) is 8.38. The maximum absolute atomic E-state index is 12.6. The van der Waals surface area contributed by atoms with Gasteiger partial charge in [0.15, 0.2) is 0 Å². The lowest BCUT2D eigenvalue weighted by atomic mass is 10.1. The Morgan fingerprint density at radius 1 is 0.840 bits per heavy atom. The van der Waals surface area contributed by atoms with E-state index in [0.29, 0.717) is 10.7 Å². The maximum atomic E-state index is 12.6. The molecule has 0 unspecified atom stereocenters. The first-order valence-electron chi connectivity index (χ1n) is 7.63. The second-order valence-electron chi connectivity index (χ2n) is 5.89. The lowest BCUT2D eigenvalue weighted by molar-refractivity contribution is 0.601.